The molecule has 1 fully saturated rings. The normalized spacial score (nSPS) is 16.4. The van der Waals surface area contributed by atoms with Crippen LogP contribution < -0.4 is 5.32 Å². The van der Waals surface area contributed by atoms with E-state index in [0.717, 1.165) is 15.8 Å². The van der Waals surface area contributed by atoms with Gasteiger partial charge in [-0.15, -0.1) is 0 Å². The Bertz CT molecular complexity index is 850. The van der Waals surface area contributed by atoms with E-state index in [1.54, 1.807) is 23.8 Å². The molecule has 1 aromatic carbocycles. The molecule has 2 aromatic rings. The molecule has 1 aromatic heterocycles. The van der Waals surface area contributed by atoms with Gasteiger partial charge in [0.15, 0.2) is 0 Å². The van der Waals surface area contributed by atoms with Crippen molar-refractivity contribution in [3.63, 3.8) is 0 Å². The summed E-state index contributed by atoms with van der Waals surface area (Å²) in [4.78, 5) is 35.9. The van der Waals surface area contributed by atoms with Crippen molar-refractivity contribution in [2.75, 3.05) is 6.54 Å². The van der Waals surface area contributed by atoms with Crippen LogP contribution in [0.25, 0.3) is 17.0 Å². The molecule has 2 N–H and O–H groups in total. The van der Waals surface area contributed by atoms with E-state index in [0.29, 0.717) is 12.1 Å². The summed E-state index contributed by atoms with van der Waals surface area (Å²) in [6.45, 7) is 1.84. The summed E-state index contributed by atoms with van der Waals surface area (Å²) >= 11 is 0. The van der Waals surface area contributed by atoms with Gasteiger partial charge in [0, 0.05) is 29.2 Å². The molecule has 118 valence electrons. The highest BCUT2D eigenvalue weighted by Crippen LogP contribution is 2.24. The maximum Gasteiger partial charge on any atom is 0.328 e. The van der Waals surface area contributed by atoms with E-state index in [1.807, 2.05) is 24.3 Å². The van der Waals surface area contributed by atoms with Crippen molar-refractivity contribution >= 4 is 34.9 Å². The number of carboxylic acid groups (broad SMARTS) is 1. The molecule has 0 bridgehead atoms. The van der Waals surface area contributed by atoms with Gasteiger partial charge in [-0.05, 0) is 19.1 Å². The lowest BCUT2D eigenvalue weighted by molar-refractivity contribution is -0.137. The van der Waals surface area contributed by atoms with Crippen molar-refractivity contribution in [2.45, 2.75) is 13.5 Å². The number of likely N-dealkylation sites (N-methyl/N-ethyl adjacent to an activating group) is 1. The summed E-state index contributed by atoms with van der Waals surface area (Å²) < 4.78 is 1.60. The number of benzene rings is 1. The monoisotopic (exact) mass is 313 g/mol. The van der Waals surface area contributed by atoms with E-state index in [4.69, 9.17) is 5.11 Å². The molecule has 1 aliphatic rings. The standard InChI is InChI=1S/C16H15N3O4/c1-2-19-15(22)12(17-16(19)23)7-10-8-18(9-14(20)21)13-6-4-3-5-11(10)13/h3-8H,2,9H2,1H3,(H,17,23)(H,20,21)/b12-7-. The van der Waals surface area contributed by atoms with E-state index >= 15 is 0 Å². The van der Waals surface area contributed by atoms with E-state index in [1.165, 1.54) is 0 Å². The molecule has 23 heavy (non-hydrogen) atoms. The third-order valence-electron chi connectivity index (χ3n) is 3.70. The van der Waals surface area contributed by atoms with Gasteiger partial charge in [0.25, 0.3) is 5.91 Å². The second-order valence-corrected chi connectivity index (χ2v) is 5.16. The van der Waals surface area contributed by atoms with Gasteiger partial charge in [-0.25, -0.2) is 4.79 Å². The van der Waals surface area contributed by atoms with E-state index in [9.17, 15) is 14.4 Å². The lowest BCUT2D eigenvalue weighted by Crippen LogP contribution is -2.30. The highest BCUT2D eigenvalue weighted by molar-refractivity contribution is 6.14. The number of carbonyl (C=O) groups is 3. The maximum atomic E-state index is 12.1. The van der Waals surface area contributed by atoms with Crippen LogP contribution >= 0.6 is 0 Å². The van der Waals surface area contributed by atoms with Gasteiger partial charge in [-0.1, -0.05) is 18.2 Å². The minimum absolute atomic E-state index is 0.176. The number of carbonyl (C=O) groups excluding carboxylic acids is 2. The minimum atomic E-state index is -0.952. The van der Waals surface area contributed by atoms with Gasteiger partial charge in [0.1, 0.15) is 12.2 Å². The Morgan fingerprint density at radius 1 is 1.30 bits per heavy atom. The molecule has 3 rings (SSSR count). The highest BCUT2D eigenvalue weighted by Gasteiger charge is 2.32. The van der Waals surface area contributed by atoms with E-state index in [-0.39, 0.29) is 18.1 Å². The summed E-state index contributed by atoms with van der Waals surface area (Å²) in [5, 5.41) is 12.4. The summed E-state index contributed by atoms with van der Waals surface area (Å²) in [5.74, 6) is -1.33. The first-order chi connectivity index (χ1) is 11.0. The Morgan fingerprint density at radius 3 is 2.70 bits per heavy atom. The Hall–Kier alpha value is -3.09. The zero-order valence-electron chi connectivity index (χ0n) is 12.4. The van der Waals surface area contributed by atoms with Gasteiger partial charge in [-0.2, -0.15) is 0 Å². The Balaban J connectivity index is 2.07. The van der Waals surface area contributed by atoms with Crippen LogP contribution in [0.1, 0.15) is 12.5 Å². The minimum Gasteiger partial charge on any atom is -0.480 e. The summed E-state index contributed by atoms with van der Waals surface area (Å²) in [6.07, 6.45) is 3.25. The molecule has 3 amide bonds. The molecule has 7 nitrogen and oxygen atoms in total. The van der Waals surface area contributed by atoms with Crippen LogP contribution in [0, 0.1) is 0 Å². The number of urea groups is 1. The number of fused-ring (bicyclic) bond motifs is 1. The van der Waals surface area contributed by atoms with Crippen molar-refractivity contribution in [1.29, 1.82) is 0 Å². The second kappa shape index (κ2) is 5.60. The lowest BCUT2D eigenvalue weighted by atomic mass is 10.1. The van der Waals surface area contributed by atoms with Crippen LogP contribution in [0.2, 0.25) is 0 Å². The van der Waals surface area contributed by atoms with Crippen molar-refractivity contribution in [3.05, 3.63) is 41.7 Å². The van der Waals surface area contributed by atoms with Gasteiger partial charge >= 0.3 is 12.0 Å². The lowest BCUT2D eigenvalue weighted by Gasteiger charge is -2.05. The van der Waals surface area contributed by atoms with Crippen molar-refractivity contribution in [2.24, 2.45) is 0 Å². The van der Waals surface area contributed by atoms with E-state index in [2.05, 4.69) is 5.32 Å². The van der Waals surface area contributed by atoms with Crippen LogP contribution in [0.4, 0.5) is 4.79 Å². The average Bonchev–Trinajstić information content (AvgIpc) is 2.98. The summed E-state index contributed by atoms with van der Waals surface area (Å²) in [5.41, 5.74) is 1.63. The number of aromatic nitrogens is 1. The smallest absolute Gasteiger partial charge is 0.328 e. The largest absolute Gasteiger partial charge is 0.480 e. The van der Waals surface area contributed by atoms with Crippen molar-refractivity contribution in [1.82, 2.24) is 14.8 Å². The summed E-state index contributed by atoms with van der Waals surface area (Å²) in [6, 6.07) is 6.87. The first-order valence-corrected chi connectivity index (χ1v) is 7.15. The Labute approximate surface area is 131 Å². The number of nitrogens with zero attached hydrogens (tertiary/aromatic N) is 2. The number of rotatable bonds is 4. The average molecular weight is 313 g/mol. The first kappa shape index (κ1) is 14.8. The topological polar surface area (TPSA) is 91.6 Å². The Morgan fingerprint density at radius 2 is 2.04 bits per heavy atom. The molecule has 0 radical (unpaired) electrons. The summed E-state index contributed by atoms with van der Waals surface area (Å²) in [7, 11) is 0. The predicted molar refractivity (Wildman–Crippen MR) is 83.5 cm³/mol. The van der Waals surface area contributed by atoms with Gasteiger partial charge in [-0.3, -0.25) is 14.5 Å². The number of amides is 3. The molecule has 0 spiro atoms. The fourth-order valence-corrected chi connectivity index (χ4v) is 2.68. The van der Waals surface area contributed by atoms with Crippen LogP contribution in [0.3, 0.4) is 0 Å². The molecular weight excluding hydrogens is 298 g/mol. The molecule has 1 aliphatic heterocycles. The van der Waals surface area contributed by atoms with Gasteiger partial charge < -0.3 is 15.0 Å². The van der Waals surface area contributed by atoms with Crippen LogP contribution in [0.15, 0.2) is 36.2 Å². The van der Waals surface area contributed by atoms with Crippen LogP contribution in [-0.2, 0) is 16.1 Å². The van der Waals surface area contributed by atoms with Gasteiger partial charge in [0.05, 0.1) is 0 Å². The molecule has 0 aliphatic carbocycles. The molecule has 0 saturated carbocycles. The van der Waals surface area contributed by atoms with Crippen molar-refractivity contribution in [3.8, 4) is 0 Å². The molecular formula is C16H15N3O4. The SMILES string of the molecule is CCN1C(=O)N/C(=C\c2cn(CC(=O)O)c3ccccc23)C1=O. The number of aliphatic carboxylic acids is 1. The third-order valence-corrected chi connectivity index (χ3v) is 3.70. The van der Waals surface area contributed by atoms with Gasteiger partial charge in [0.2, 0.25) is 0 Å². The number of hydrogen-bond donors (Lipinski definition) is 2. The second-order valence-electron chi connectivity index (χ2n) is 5.16. The quantitative estimate of drug-likeness (QED) is 0.663. The number of para-hydroxylation sites is 1. The first-order valence-electron chi connectivity index (χ1n) is 7.15. The fourth-order valence-electron chi connectivity index (χ4n) is 2.68. The number of carboxylic acids is 1. The molecule has 0 unspecified atom stereocenters. The van der Waals surface area contributed by atoms with Crippen LogP contribution in [-0.4, -0.2) is 39.0 Å². The number of hydrogen-bond acceptors (Lipinski definition) is 3. The number of imide groups is 1. The molecule has 1 saturated heterocycles. The fraction of sp³-hybridized carbons (Fsp3) is 0.188. The number of nitrogens with one attached hydrogen (secondary N) is 1. The van der Waals surface area contributed by atoms with Crippen LogP contribution in [0.5, 0.6) is 0 Å². The molecule has 7 heteroatoms. The van der Waals surface area contributed by atoms with Crippen molar-refractivity contribution < 1.29 is 19.5 Å². The maximum absolute atomic E-state index is 12.1. The molecule has 0 atom stereocenters. The zero-order chi connectivity index (χ0) is 16.6. The van der Waals surface area contributed by atoms with E-state index < -0.39 is 12.0 Å². The Kier molecular flexibility index (Phi) is 3.61. The molecule has 2 heterocycles. The predicted octanol–water partition coefficient (Wildman–Crippen LogP) is 1.64. The third kappa shape index (κ3) is 2.57. The zero-order valence-corrected chi connectivity index (χ0v) is 12.4. The highest BCUT2D eigenvalue weighted by atomic mass is 16.4.